The largest absolute Gasteiger partial charge is 0.466 e. The van der Waals surface area contributed by atoms with Crippen molar-refractivity contribution in [3.05, 3.63) is 58.9 Å². The smallest absolute Gasteiger partial charge is 0.335 e. The van der Waals surface area contributed by atoms with Crippen molar-refractivity contribution < 1.29 is 14.3 Å². The monoisotopic (exact) mass is 350 g/mol. The summed E-state index contributed by atoms with van der Waals surface area (Å²) in [6, 6.07) is 8.47. The van der Waals surface area contributed by atoms with Crippen molar-refractivity contribution in [2.45, 2.75) is 25.8 Å². The predicted octanol–water partition coefficient (Wildman–Crippen LogP) is 3.29. The average Bonchev–Trinajstić information content (AvgIpc) is 3.07. The number of fused-ring (bicyclic) bond motifs is 5. The van der Waals surface area contributed by atoms with E-state index in [1.807, 2.05) is 19.2 Å². The molecule has 3 heterocycles. The van der Waals surface area contributed by atoms with E-state index in [4.69, 9.17) is 4.74 Å². The topological polar surface area (TPSA) is 62.4 Å². The number of H-pyrrole nitrogens is 1. The number of aldehydes is 1. The second-order valence-corrected chi connectivity index (χ2v) is 6.84. The zero-order valence-corrected chi connectivity index (χ0v) is 15.0. The molecule has 1 N–H and O–H groups in total. The van der Waals surface area contributed by atoms with Crippen LogP contribution in [0.1, 0.15) is 30.6 Å². The molecule has 2 atom stereocenters. The maximum Gasteiger partial charge on any atom is 0.335 e. The lowest BCUT2D eigenvalue weighted by atomic mass is 9.80. The Morgan fingerprint density at radius 2 is 2.15 bits per heavy atom. The van der Waals surface area contributed by atoms with E-state index in [-0.39, 0.29) is 17.9 Å². The molecule has 0 saturated carbocycles. The first-order valence-electron chi connectivity index (χ1n) is 8.94. The first kappa shape index (κ1) is 16.6. The fourth-order valence-electron chi connectivity index (χ4n) is 4.34. The van der Waals surface area contributed by atoms with Crippen LogP contribution in [0.2, 0.25) is 0 Å². The van der Waals surface area contributed by atoms with Gasteiger partial charge >= 0.3 is 5.97 Å². The number of benzene rings is 1. The van der Waals surface area contributed by atoms with Crippen LogP contribution in [0.15, 0.2) is 47.7 Å². The molecular formula is C21H22N2O3. The lowest BCUT2D eigenvalue weighted by molar-refractivity contribution is -0.137. The number of hydrogen-bond acceptors (Lipinski definition) is 4. The van der Waals surface area contributed by atoms with Crippen LogP contribution in [0.25, 0.3) is 10.9 Å². The quantitative estimate of drug-likeness (QED) is 0.524. The van der Waals surface area contributed by atoms with Crippen LogP contribution >= 0.6 is 0 Å². The van der Waals surface area contributed by atoms with Crippen molar-refractivity contribution in [1.82, 2.24) is 9.88 Å². The molecule has 0 spiro atoms. The molecule has 0 radical (unpaired) electrons. The number of rotatable bonds is 3. The van der Waals surface area contributed by atoms with Crippen LogP contribution in [0.4, 0.5) is 0 Å². The van der Waals surface area contributed by atoms with E-state index in [2.05, 4.69) is 28.1 Å². The summed E-state index contributed by atoms with van der Waals surface area (Å²) in [5.74, 6) is -0.611. The minimum atomic E-state index is -0.364. The normalized spacial score (nSPS) is 22.5. The zero-order chi connectivity index (χ0) is 18.3. The molecule has 0 aliphatic carbocycles. The maximum atomic E-state index is 12.3. The third-order valence-electron chi connectivity index (χ3n) is 5.63. The number of para-hydroxylation sites is 1. The number of ether oxygens (including phenoxy) is 1. The lowest BCUT2D eigenvalue weighted by Crippen LogP contribution is -2.38. The molecule has 0 unspecified atom stereocenters. The van der Waals surface area contributed by atoms with Crippen molar-refractivity contribution in [1.29, 1.82) is 0 Å². The van der Waals surface area contributed by atoms with E-state index in [1.54, 1.807) is 6.08 Å². The summed E-state index contributed by atoms with van der Waals surface area (Å²) in [5.41, 5.74) is 4.88. The number of nitrogens with zero attached hydrogens (tertiary/aromatic N) is 1. The van der Waals surface area contributed by atoms with E-state index in [9.17, 15) is 9.59 Å². The van der Waals surface area contributed by atoms with Gasteiger partial charge in [-0.15, -0.1) is 0 Å². The van der Waals surface area contributed by atoms with Crippen molar-refractivity contribution in [2.75, 3.05) is 13.7 Å². The summed E-state index contributed by atoms with van der Waals surface area (Å²) in [7, 11) is 1.38. The Bertz CT molecular complexity index is 938. The summed E-state index contributed by atoms with van der Waals surface area (Å²) in [6.45, 7) is 2.68. The van der Waals surface area contributed by atoms with Gasteiger partial charge in [-0.25, -0.2) is 4.79 Å². The minimum absolute atomic E-state index is 0.124. The van der Waals surface area contributed by atoms with Gasteiger partial charge < -0.3 is 14.6 Å². The maximum absolute atomic E-state index is 12.3. The van der Waals surface area contributed by atoms with Crippen molar-refractivity contribution in [2.24, 2.45) is 5.92 Å². The average molecular weight is 350 g/mol. The van der Waals surface area contributed by atoms with E-state index in [0.717, 1.165) is 24.8 Å². The standard InChI is InChI=1S/C21H22N2O3/c1-3-13(12-24)16-10-19-20-15(14-6-4-5-7-18(14)22-20)8-9-23(19)11-17(16)21(25)26-2/h3-7,11-12,16,19,22H,8-10H2,1-2H3/t16-,19+/m1/s1. The molecule has 134 valence electrons. The van der Waals surface area contributed by atoms with Crippen LogP contribution in [-0.4, -0.2) is 35.8 Å². The van der Waals surface area contributed by atoms with Gasteiger partial charge in [0.15, 0.2) is 0 Å². The highest BCUT2D eigenvalue weighted by Crippen LogP contribution is 2.44. The fraction of sp³-hybridized carbons (Fsp3) is 0.333. The number of carbonyl (C=O) groups is 2. The van der Waals surface area contributed by atoms with Crippen molar-refractivity contribution in [3.63, 3.8) is 0 Å². The highest BCUT2D eigenvalue weighted by molar-refractivity contribution is 5.92. The molecule has 2 aliphatic rings. The molecule has 2 aromatic rings. The lowest BCUT2D eigenvalue weighted by Gasteiger charge is -2.41. The second kappa shape index (κ2) is 6.48. The summed E-state index contributed by atoms with van der Waals surface area (Å²) >= 11 is 0. The van der Waals surface area contributed by atoms with Crippen molar-refractivity contribution >= 4 is 23.2 Å². The van der Waals surface area contributed by atoms with Gasteiger partial charge in [0.2, 0.25) is 0 Å². The van der Waals surface area contributed by atoms with Gasteiger partial charge in [0, 0.05) is 35.3 Å². The van der Waals surface area contributed by atoms with E-state index < -0.39 is 0 Å². The van der Waals surface area contributed by atoms with Gasteiger partial charge in [0.25, 0.3) is 0 Å². The van der Waals surface area contributed by atoms with Gasteiger partial charge in [0.05, 0.1) is 18.7 Å². The van der Waals surface area contributed by atoms with Crippen LogP contribution in [-0.2, 0) is 20.7 Å². The number of hydrogen-bond donors (Lipinski definition) is 1. The first-order valence-corrected chi connectivity index (χ1v) is 8.94. The minimum Gasteiger partial charge on any atom is -0.466 e. The number of esters is 1. The van der Waals surface area contributed by atoms with E-state index in [0.29, 0.717) is 17.6 Å². The Labute approximate surface area is 152 Å². The summed E-state index contributed by atoms with van der Waals surface area (Å²) in [6.07, 6.45) is 6.14. The number of aromatic amines is 1. The molecule has 5 nitrogen and oxygen atoms in total. The first-order chi connectivity index (χ1) is 12.7. The molecule has 0 fully saturated rings. The number of carbonyl (C=O) groups excluding carboxylic acids is 2. The fourth-order valence-corrected chi connectivity index (χ4v) is 4.34. The van der Waals surface area contributed by atoms with Crippen LogP contribution in [0.5, 0.6) is 0 Å². The van der Waals surface area contributed by atoms with Gasteiger partial charge in [-0.05, 0) is 37.0 Å². The number of allylic oxidation sites excluding steroid dienone is 2. The molecular weight excluding hydrogens is 328 g/mol. The zero-order valence-electron chi connectivity index (χ0n) is 15.0. The molecule has 0 bridgehead atoms. The molecule has 2 aliphatic heterocycles. The second-order valence-electron chi connectivity index (χ2n) is 6.84. The third kappa shape index (κ3) is 2.46. The van der Waals surface area contributed by atoms with Gasteiger partial charge in [-0.3, -0.25) is 4.79 Å². The van der Waals surface area contributed by atoms with Crippen LogP contribution in [0, 0.1) is 5.92 Å². The van der Waals surface area contributed by atoms with E-state index in [1.165, 1.54) is 23.8 Å². The molecule has 0 amide bonds. The SMILES string of the molecule is CC=C(C=O)[C@H]1C[C@H]2c3[nH]c4ccccc4c3CCN2C=C1C(=O)OC. The predicted molar refractivity (Wildman–Crippen MR) is 99.5 cm³/mol. The molecule has 26 heavy (non-hydrogen) atoms. The van der Waals surface area contributed by atoms with Crippen molar-refractivity contribution in [3.8, 4) is 0 Å². The van der Waals surface area contributed by atoms with Gasteiger partial charge in [-0.2, -0.15) is 0 Å². The molecule has 0 saturated heterocycles. The Morgan fingerprint density at radius 3 is 2.88 bits per heavy atom. The van der Waals surface area contributed by atoms with E-state index >= 15 is 0 Å². The van der Waals surface area contributed by atoms with Crippen LogP contribution < -0.4 is 0 Å². The summed E-state index contributed by atoms with van der Waals surface area (Å²) in [4.78, 5) is 29.7. The molecule has 4 rings (SSSR count). The number of aromatic nitrogens is 1. The highest BCUT2D eigenvalue weighted by atomic mass is 16.5. The molecule has 5 heteroatoms. The Hall–Kier alpha value is -2.82. The Balaban J connectivity index is 1.82. The van der Waals surface area contributed by atoms with Crippen LogP contribution in [0.3, 0.4) is 0 Å². The highest BCUT2D eigenvalue weighted by Gasteiger charge is 2.39. The summed E-state index contributed by atoms with van der Waals surface area (Å²) in [5, 5.41) is 1.27. The molecule has 1 aromatic carbocycles. The summed E-state index contributed by atoms with van der Waals surface area (Å²) < 4.78 is 4.97. The molecule has 1 aromatic heterocycles. The Morgan fingerprint density at radius 1 is 1.35 bits per heavy atom. The van der Waals surface area contributed by atoms with Gasteiger partial charge in [-0.1, -0.05) is 24.3 Å². The Kier molecular flexibility index (Phi) is 4.15. The number of methoxy groups -OCH3 is 1. The number of nitrogens with one attached hydrogen (secondary N) is 1. The third-order valence-corrected chi connectivity index (χ3v) is 5.63. The van der Waals surface area contributed by atoms with Gasteiger partial charge in [0.1, 0.15) is 6.29 Å².